The molecule has 0 spiro atoms. The predicted octanol–water partition coefficient (Wildman–Crippen LogP) is 3.97. The van der Waals surface area contributed by atoms with Gasteiger partial charge in [0.15, 0.2) is 5.78 Å². The molecule has 0 aromatic heterocycles. The fourth-order valence-corrected chi connectivity index (χ4v) is 1.98. The van der Waals surface area contributed by atoms with E-state index in [9.17, 15) is 4.79 Å². The van der Waals surface area contributed by atoms with Gasteiger partial charge in [-0.2, -0.15) is 0 Å². The quantitative estimate of drug-likeness (QED) is 0.721. The maximum atomic E-state index is 11.5. The van der Waals surface area contributed by atoms with Crippen LogP contribution in [0.1, 0.15) is 6.92 Å². The zero-order valence-electron chi connectivity index (χ0n) is 6.46. The van der Waals surface area contributed by atoms with Gasteiger partial charge in [0.1, 0.15) is 4.84 Å². The van der Waals surface area contributed by atoms with E-state index >= 15 is 0 Å². The standard InChI is InChI=1S/C6H6Cl6O/c1-5(2-7,4(8)9)3(13)6(10,11)12/h4H,2H2,1H3. The van der Waals surface area contributed by atoms with E-state index in [4.69, 9.17) is 69.6 Å². The molecule has 0 heterocycles. The third kappa shape index (κ3) is 3.48. The lowest BCUT2D eigenvalue weighted by Crippen LogP contribution is -2.43. The van der Waals surface area contributed by atoms with Crippen molar-refractivity contribution in [2.75, 3.05) is 5.88 Å². The van der Waals surface area contributed by atoms with Crippen LogP contribution in [-0.4, -0.2) is 20.3 Å². The highest BCUT2D eigenvalue weighted by atomic mass is 35.6. The first-order valence-corrected chi connectivity index (χ1v) is 5.66. The lowest BCUT2D eigenvalue weighted by Gasteiger charge is -2.29. The Morgan fingerprint density at radius 3 is 1.77 bits per heavy atom. The lowest BCUT2D eigenvalue weighted by atomic mass is 9.90. The summed E-state index contributed by atoms with van der Waals surface area (Å²) >= 11 is 32.9. The highest BCUT2D eigenvalue weighted by molar-refractivity contribution is 6.77. The summed E-state index contributed by atoms with van der Waals surface area (Å²) in [4.78, 5) is 10.5. The van der Waals surface area contributed by atoms with Gasteiger partial charge in [-0.05, 0) is 6.92 Å². The van der Waals surface area contributed by atoms with Crippen molar-refractivity contribution in [2.24, 2.45) is 5.41 Å². The normalized spacial score (nSPS) is 17.2. The van der Waals surface area contributed by atoms with Gasteiger partial charge in [0, 0.05) is 5.88 Å². The summed E-state index contributed by atoms with van der Waals surface area (Å²) in [6.07, 6.45) is 0. The summed E-state index contributed by atoms with van der Waals surface area (Å²) < 4.78 is -2.05. The maximum Gasteiger partial charge on any atom is 0.249 e. The average Bonchev–Trinajstić information content (AvgIpc) is 1.99. The Hall–Kier alpha value is 1.41. The molecule has 0 saturated heterocycles. The molecule has 0 aliphatic heterocycles. The summed E-state index contributed by atoms with van der Waals surface area (Å²) in [5, 5.41) is 0. The molecule has 13 heavy (non-hydrogen) atoms. The second-order valence-electron chi connectivity index (χ2n) is 2.68. The van der Waals surface area contributed by atoms with Crippen LogP contribution in [0.15, 0.2) is 0 Å². The topological polar surface area (TPSA) is 17.1 Å². The van der Waals surface area contributed by atoms with E-state index < -0.39 is 19.8 Å². The largest absolute Gasteiger partial charge is 0.294 e. The van der Waals surface area contributed by atoms with E-state index in [1.54, 1.807) is 0 Å². The van der Waals surface area contributed by atoms with Gasteiger partial charge in [-0.15, -0.1) is 34.8 Å². The lowest BCUT2D eigenvalue weighted by molar-refractivity contribution is -0.125. The molecule has 0 aliphatic carbocycles. The average molecular weight is 307 g/mol. The molecule has 78 valence electrons. The molecule has 0 bridgehead atoms. The molecule has 0 aliphatic rings. The molecule has 1 unspecified atom stereocenters. The number of Topliss-reactive ketones (excluding diaryl/α,β-unsaturated/α-hetero) is 1. The molecule has 0 aromatic rings. The number of halogens is 6. The van der Waals surface area contributed by atoms with Crippen molar-refractivity contribution in [1.82, 2.24) is 0 Å². The Morgan fingerprint density at radius 1 is 1.31 bits per heavy atom. The zero-order valence-corrected chi connectivity index (χ0v) is 11.0. The van der Waals surface area contributed by atoms with Crippen molar-refractivity contribution < 1.29 is 4.79 Å². The van der Waals surface area contributed by atoms with Crippen molar-refractivity contribution in [3.8, 4) is 0 Å². The fraction of sp³-hybridized carbons (Fsp3) is 0.833. The molecule has 0 fully saturated rings. The van der Waals surface area contributed by atoms with Gasteiger partial charge >= 0.3 is 0 Å². The van der Waals surface area contributed by atoms with E-state index in [0.29, 0.717) is 0 Å². The van der Waals surface area contributed by atoms with Crippen LogP contribution in [0.5, 0.6) is 0 Å². The monoisotopic (exact) mass is 304 g/mol. The summed E-state index contributed by atoms with van der Waals surface area (Å²) in [7, 11) is 0. The Balaban J connectivity index is 4.89. The second kappa shape index (κ2) is 4.96. The zero-order chi connectivity index (χ0) is 10.9. The van der Waals surface area contributed by atoms with E-state index in [1.165, 1.54) is 6.92 Å². The van der Waals surface area contributed by atoms with Crippen molar-refractivity contribution in [2.45, 2.75) is 15.6 Å². The van der Waals surface area contributed by atoms with Gasteiger partial charge in [0.05, 0.1) is 5.41 Å². The third-order valence-electron chi connectivity index (χ3n) is 1.54. The van der Waals surface area contributed by atoms with E-state index in [1.807, 2.05) is 0 Å². The number of hydrogen-bond donors (Lipinski definition) is 0. The third-order valence-corrected chi connectivity index (χ3v) is 3.57. The van der Waals surface area contributed by atoms with Crippen LogP contribution in [0.2, 0.25) is 0 Å². The van der Waals surface area contributed by atoms with Crippen LogP contribution in [0.3, 0.4) is 0 Å². The molecule has 0 aromatic carbocycles. The van der Waals surface area contributed by atoms with Crippen LogP contribution < -0.4 is 0 Å². The van der Waals surface area contributed by atoms with E-state index in [-0.39, 0.29) is 5.88 Å². The molecule has 1 nitrogen and oxygen atoms in total. The van der Waals surface area contributed by atoms with E-state index in [2.05, 4.69) is 0 Å². The molecule has 7 heteroatoms. The minimum absolute atomic E-state index is 0.114. The Kier molecular flexibility index (Phi) is 5.50. The van der Waals surface area contributed by atoms with Crippen LogP contribution in [0, 0.1) is 5.41 Å². The summed E-state index contributed by atoms with van der Waals surface area (Å²) in [5.74, 6) is -0.827. The predicted molar refractivity (Wildman–Crippen MR) is 59.6 cm³/mol. The molecule has 0 saturated carbocycles. The summed E-state index contributed by atoms with van der Waals surface area (Å²) in [6.45, 7) is 1.44. The first-order chi connectivity index (χ1) is 5.66. The van der Waals surface area contributed by atoms with Gasteiger partial charge in [-0.3, -0.25) is 4.79 Å². The smallest absolute Gasteiger partial charge is 0.249 e. The second-order valence-corrected chi connectivity index (χ2v) is 6.32. The highest BCUT2D eigenvalue weighted by Gasteiger charge is 2.48. The highest BCUT2D eigenvalue weighted by Crippen LogP contribution is 2.41. The number of ketones is 1. The van der Waals surface area contributed by atoms with Gasteiger partial charge in [-0.25, -0.2) is 0 Å². The van der Waals surface area contributed by atoms with Crippen molar-refractivity contribution in [1.29, 1.82) is 0 Å². The van der Waals surface area contributed by atoms with Gasteiger partial charge in [-0.1, -0.05) is 34.8 Å². The van der Waals surface area contributed by atoms with Gasteiger partial charge in [0.2, 0.25) is 3.79 Å². The molecular weight excluding hydrogens is 301 g/mol. The molecule has 0 amide bonds. The molecular formula is C6H6Cl6O. The molecule has 0 N–H and O–H groups in total. The van der Waals surface area contributed by atoms with Crippen LogP contribution in [-0.2, 0) is 4.79 Å². The number of alkyl halides is 6. The maximum absolute atomic E-state index is 11.5. The number of carbonyl (C=O) groups is 1. The summed E-state index contributed by atoms with van der Waals surface area (Å²) in [6, 6.07) is 0. The van der Waals surface area contributed by atoms with Gasteiger partial charge in [0.25, 0.3) is 0 Å². The van der Waals surface area contributed by atoms with Gasteiger partial charge < -0.3 is 0 Å². The summed E-state index contributed by atoms with van der Waals surface area (Å²) in [5.41, 5.74) is -1.25. The van der Waals surface area contributed by atoms with Crippen LogP contribution in [0.25, 0.3) is 0 Å². The molecule has 0 radical (unpaired) electrons. The Morgan fingerprint density at radius 2 is 1.69 bits per heavy atom. The molecule has 1 atom stereocenters. The van der Waals surface area contributed by atoms with Crippen molar-refractivity contribution >= 4 is 75.4 Å². The SMILES string of the molecule is CC(CCl)(C(=O)C(Cl)(Cl)Cl)C(Cl)Cl. The first kappa shape index (κ1) is 14.4. The van der Waals surface area contributed by atoms with Crippen molar-refractivity contribution in [3.05, 3.63) is 0 Å². The fourth-order valence-electron chi connectivity index (χ4n) is 0.542. The number of carbonyl (C=O) groups excluding carboxylic acids is 1. The minimum atomic E-state index is -2.05. The Bertz CT molecular complexity index is 198. The van der Waals surface area contributed by atoms with Crippen molar-refractivity contribution in [3.63, 3.8) is 0 Å². The number of hydrogen-bond acceptors (Lipinski definition) is 1. The van der Waals surface area contributed by atoms with E-state index in [0.717, 1.165) is 0 Å². The minimum Gasteiger partial charge on any atom is -0.294 e. The molecule has 0 rings (SSSR count). The van der Waals surface area contributed by atoms with Crippen LogP contribution >= 0.6 is 69.6 Å². The number of rotatable bonds is 3. The Labute approximate surface area is 107 Å². The first-order valence-electron chi connectivity index (χ1n) is 3.12. The van der Waals surface area contributed by atoms with Crippen LogP contribution in [0.4, 0.5) is 0 Å².